The third-order valence-corrected chi connectivity index (χ3v) is 5.72. The van der Waals surface area contributed by atoms with E-state index in [0.29, 0.717) is 5.25 Å². The highest BCUT2D eigenvalue weighted by Gasteiger charge is 2.44. The fraction of sp³-hybridized carbons (Fsp3) is 0.333. The number of amidine groups is 1. The van der Waals surface area contributed by atoms with Gasteiger partial charge >= 0.3 is 5.69 Å². The van der Waals surface area contributed by atoms with Crippen molar-refractivity contribution in [2.45, 2.75) is 24.3 Å². The van der Waals surface area contributed by atoms with Crippen LogP contribution in [0.15, 0.2) is 47.6 Å². The fourth-order valence-corrected chi connectivity index (χ4v) is 4.60. The average molecular weight is 370 g/mol. The Morgan fingerprint density at radius 1 is 1.35 bits per heavy atom. The Labute approximate surface area is 155 Å². The minimum atomic E-state index is -0.407. The zero-order valence-electron chi connectivity index (χ0n) is 14.4. The number of pyridine rings is 1. The van der Waals surface area contributed by atoms with Crippen molar-refractivity contribution in [2.24, 2.45) is 4.99 Å². The Morgan fingerprint density at radius 3 is 2.88 bits per heavy atom. The molecule has 0 aliphatic carbocycles. The van der Waals surface area contributed by atoms with E-state index in [9.17, 15) is 10.1 Å². The second-order valence-corrected chi connectivity index (χ2v) is 7.73. The monoisotopic (exact) mass is 370 g/mol. The Morgan fingerprint density at radius 2 is 2.19 bits per heavy atom. The lowest BCUT2D eigenvalue weighted by atomic mass is 9.96. The molecule has 26 heavy (non-hydrogen) atoms. The van der Waals surface area contributed by atoms with E-state index in [2.05, 4.69) is 16.8 Å². The number of aliphatic imine (C=N–C) groups is 1. The number of methoxy groups -OCH3 is 1. The highest BCUT2D eigenvalue weighted by Crippen LogP contribution is 2.48. The molecule has 8 heteroatoms. The summed E-state index contributed by atoms with van der Waals surface area (Å²) in [5, 5.41) is 12.9. The molecule has 0 radical (unpaired) electrons. The zero-order chi connectivity index (χ0) is 18.3. The topological polar surface area (TPSA) is 80.9 Å². The van der Waals surface area contributed by atoms with Gasteiger partial charge in [-0.25, -0.2) is 0 Å². The molecule has 3 atom stereocenters. The number of rotatable bonds is 4. The molecule has 1 aromatic carbocycles. The Balaban J connectivity index is 1.80. The van der Waals surface area contributed by atoms with Gasteiger partial charge in [-0.3, -0.25) is 20.1 Å². The van der Waals surface area contributed by atoms with Crippen molar-refractivity contribution in [2.75, 3.05) is 13.7 Å². The van der Waals surface area contributed by atoms with Crippen molar-refractivity contribution in [3.63, 3.8) is 0 Å². The van der Waals surface area contributed by atoms with Gasteiger partial charge in [0.15, 0.2) is 10.9 Å². The minimum Gasteiger partial charge on any atom is -0.490 e. The van der Waals surface area contributed by atoms with Crippen LogP contribution in [0.25, 0.3) is 0 Å². The van der Waals surface area contributed by atoms with E-state index in [1.54, 1.807) is 30.1 Å². The summed E-state index contributed by atoms with van der Waals surface area (Å²) in [6, 6.07) is 10.6. The van der Waals surface area contributed by atoms with Crippen LogP contribution in [0.1, 0.15) is 30.3 Å². The van der Waals surface area contributed by atoms with Crippen LogP contribution in [0.3, 0.4) is 0 Å². The first kappa shape index (κ1) is 16.8. The SMILES string of the molecule is COc1ccc([C@@H]2[C@@H](c3ccccn3)N=C3S[C@@H](C)CN32)cc1[N+](=O)[O-]. The van der Waals surface area contributed by atoms with Gasteiger partial charge in [-0.15, -0.1) is 0 Å². The molecule has 0 spiro atoms. The highest BCUT2D eigenvalue weighted by molar-refractivity contribution is 8.14. The van der Waals surface area contributed by atoms with Gasteiger partial charge < -0.3 is 9.64 Å². The molecular formula is C18H18N4O3S. The first-order chi connectivity index (χ1) is 12.6. The smallest absolute Gasteiger partial charge is 0.311 e. The number of benzene rings is 1. The van der Waals surface area contributed by atoms with E-state index in [1.807, 2.05) is 24.3 Å². The molecule has 2 aliphatic heterocycles. The Hall–Kier alpha value is -2.61. The Bertz CT molecular complexity index is 874. The lowest BCUT2D eigenvalue weighted by Crippen LogP contribution is -2.28. The summed E-state index contributed by atoms with van der Waals surface area (Å²) in [7, 11) is 1.44. The van der Waals surface area contributed by atoms with E-state index < -0.39 is 4.92 Å². The number of ether oxygens (including phenoxy) is 1. The van der Waals surface area contributed by atoms with Crippen LogP contribution in [0.2, 0.25) is 0 Å². The highest BCUT2D eigenvalue weighted by atomic mass is 32.2. The molecule has 0 N–H and O–H groups in total. The molecule has 0 unspecified atom stereocenters. The number of nitro benzene ring substituents is 1. The first-order valence-electron chi connectivity index (χ1n) is 8.33. The predicted octanol–water partition coefficient (Wildman–Crippen LogP) is 3.59. The maximum atomic E-state index is 11.4. The maximum absolute atomic E-state index is 11.4. The minimum absolute atomic E-state index is 0.0295. The van der Waals surface area contributed by atoms with Gasteiger partial charge in [-0.1, -0.05) is 30.8 Å². The standard InChI is InChI=1S/C18H18N4O3S/c1-11-10-21-17(12-6-7-15(25-2)14(9-12)22(23)24)16(20-18(21)26-11)13-5-3-4-8-19-13/h3-9,11,16-17H,10H2,1-2H3/t11-,16+,17+/m0/s1. The van der Waals surface area contributed by atoms with Crippen LogP contribution in [0, 0.1) is 10.1 Å². The van der Waals surface area contributed by atoms with Crippen LogP contribution in [0.4, 0.5) is 5.69 Å². The predicted molar refractivity (Wildman–Crippen MR) is 101 cm³/mol. The van der Waals surface area contributed by atoms with E-state index >= 15 is 0 Å². The molecule has 0 bridgehead atoms. The van der Waals surface area contributed by atoms with E-state index in [-0.39, 0.29) is 23.5 Å². The van der Waals surface area contributed by atoms with Gasteiger partial charge in [-0.05, 0) is 23.8 Å². The summed E-state index contributed by atoms with van der Waals surface area (Å²) in [6.07, 6.45) is 1.75. The summed E-state index contributed by atoms with van der Waals surface area (Å²) in [4.78, 5) is 22.6. The van der Waals surface area contributed by atoms with Crippen molar-refractivity contribution in [1.29, 1.82) is 0 Å². The summed E-state index contributed by atoms with van der Waals surface area (Å²) in [6.45, 7) is 3.02. The number of hydrogen-bond donors (Lipinski definition) is 0. The quantitative estimate of drug-likeness (QED) is 0.604. The molecule has 1 aromatic heterocycles. The molecule has 134 valence electrons. The molecule has 2 aromatic rings. The van der Waals surface area contributed by atoms with Crippen molar-refractivity contribution >= 4 is 22.6 Å². The van der Waals surface area contributed by atoms with Gasteiger partial charge in [0.2, 0.25) is 0 Å². The molecule has 3 heterocycles. The number of hydrogen-bond acceptors (Lipinski definition) is 7. The summed E-state index contributed by atoms with van der Waals surface area (Å²) in [5.41, 5.74) is 1.69. The number of aromatic nitrogens is 1. The lowest BCUT2D eigenvalue weighted by molar-refractivity contribution is -0.385. The van der Waals surface area contributed by atoms with Gasteiger partial charge in [-0.2, -0.15) is 0 Å². The van der Waals surface area contributed by atoms with Crippen LogP contribution in [0.5, 0.6) is 5.75 Å². The zero-order valence-corrected chi connectivity index (χ0v) is 15.2. The second-order valence-electron chi connectivity index (χ2n) is 6.33. The summed E-state index contributed by atoms with van der Waals surface area (Å²) >= 11 is 1.74. The van der Waals surface area contributed by atoms with Gasteiger partial charge in [0, 0.05) is 24.1 Å². The van der Waals surface area contributed by atoms with Crippen LogP contribution < -0.4 is 4.74 Å². The van der Waals surface area contributed by atoms with Crippen molar-refractivity contribution in [1.82, 2.24) is 9.88 Å². The molecular weight excluding hydrogens is 352 g/mol. The Kier molecular flexibility index (Phi) is 4.28. The number of thioether (sulfide) groups is 1. The molecule has 1 fully saturated rings. The molecule has 4 rings (SSSR count). The van der Waals surface area contributed by atoms with Crippen molar-refractivity contribution < 1.29 is 9.66 Å². The van der Waals surface area contributed by atoms with E-state index in [0.717, 1.165) is 23.0 Å². The lowest BCUT2D eigenvalue weighted by Gasteiger charge is -2.27. The molecule has 0 amide bonds. The molecule has 0 saturated carbocycles. The third kappa shape index (κ3) is 2.80. The number of nitrogens with zero attached hydrogens (tertiary/aromatic N) is 4. The summed E-state index contributed by atoms with van der Waals surface area (Å²) in [5.74, 6) is 0.261. The van der Waals surface area contributed by atoms with E-state index in [1.165, 1.54) is 7.11 Å². The van der Waals surface area contributed by atoms with Gasteiger partial charge in [0.25, 0.3) is 0 Å². The molecule has 1 saturated heterocycles. The van der Waals surface area contributed by atoms with Crippen molar-refractivity contribution in [3.05, 3.63) is 64.0 Å². The van der Waals surface area contributed by atoms with Crippen LogP contribution in [-0.2, 0) is 0 Å². The van der Waals surface area contributed by atoms with Crippen molar-refractivity contribution in [3.8, 4) is 5.75 Å². The summed E-state index contributed by atoms with van der Waals surface area (Å²) < 4.78 is 5.14. The maximum Gasteiger partial charge on any atom is 0.311 e. The number of fused-ring (bicyclic) bond motifs is 1. The van der Waals surface area contributed by atoms with Gasteiger partial charge in [0.05, 0.1) is 23.8 Å². The normalized spacial score (nSPS) is 24.3. The first-order valence-corrected chi connectivity index (χ1v) is 9.21. The van der Waals surface area contributed by atoms with Crippen LogP contribution in [-0.4, -0.2) is 38.9 Å². The third-order valence-electron chi connectivity index (χ3n) is 4.62. The van der Waals surface area contributed by atoms with Crippen LogP contribution >= 0.6 is 11.8 Å². The molecule has 2 aliphatic rings. The van der Waals surface area contributed by atoms with E-state index in [4.69, 9.17) is 9.73 Å². The number of nitro groups is 1. The van der Waals surface area contributed by atoms with Gasteiger partial charge in [0.1, 0.15) is 6.04 Å². The molecule has 7 nitrogen and oxygen atoms in total. The second kappa shape index (κ2) is 6.60. The largest absolute Gasteiger partial charge is 0.490 e. The average Bonchev–Trinajstić information content (AvgIpc) is 3.17. The fourth-order valence-electron chi connectivity index (χ4n) is 3.51.